The number of hydrogen-bond donors (Lipinski definition) is 1. The Morgan fingerprint density at radius 1 is 1.29 bits per heavy atom. The van der Waals surface area contributed by atoms with E-state index in [1.54, 1.807) is 0 Å². The van der Waals surface area contributed by atoms with Crippen molar-refractivity contribution in [2.24, 2.45) is 0 Å². The van der Waals surface area contributed by atoms with Crippen LogP contribution >= 0.6 is 0 Å². The molecule has 1 N–H and O–H groups in total. The largest absolute Gasteiger partial charge is 0.388 e. The second kappa shape index (κ2) is 6.18. The highest BCUT2D eigenvalue weighted by Gasteiger charge is 2.21. The number of aliphatic hydroxyl groups excluding tert-OH is 1. The fourth-order valence-electron chi connectivity index (χ4n) is 2.48. The molecular formula is C15H22O2. The maximum atomic E-state index is 10.0. The Kier molecular flexibility index (Phi) is 4.57. The monoisotopic (exact) mass is 234 g/mol. The molecular weight excluding hydrogens is 212 g/mol. The first-order valence-electron chi connectivity index (χ1n) is 6.64. The topological polar surface area (TPSA) is 29.5 Å². The predicted molar refractivity (Wildman–Crippen MR) is 68.8 cm³/mol. The van der Waals surface area contributed by atoms with Crippen LogP contribution in [0.2, 0.25) is 0 Å². The van der Waals surface area contributed by atoms with E-state index in [1.807, 2.05) is 30.3 Å². The third kappa shape index (κ3) is 3.83. The zero-order chi connectivity index (χ0) is 12.1. The molecule has 1 aromatic carbocycles. The second-order valence-corrected chi connectivity index (χ2v) is 5.00. The highest BCUT2D eigenvalue weighted by atomic mass is 16.5. The zero-order valence-electron chi connectivity index (χ0n) is 10.5. The van der Waals surface area contributed by atoms with Crippen molar-refractivity contribution in [2.45, 2.75) is 57.3 Å². The van der Waals surface area contributed by atoms with Gasteiger partial charge < -0.3 is 9.84 Å². The van der Waals surface area contributed by atoms with E-state index < -0.39 is 0 Å². The summed E-state index contributed by atoms with van der Waals surface area (Å²) in [6.45, 7) is 2.14. The Bertz CT molecular complexity index is 323. The fourth-order valence-corrected chi connectivity index (χ4v) is 2.48. The fraction of sp³-hybridized carbons (Fsp3) is 0.600. The molecule has 1 saturated heterocycles. The van der Waals surface area contributed by atoms with Crippen molar-refractivity contribution in [3.63, 3.8) is 0 Å². The van der Waals surface area contributed by atoms with Crippen LogP contribution in [0.1, 0.15) is 50.7 Å². The molecule has 0 aliphatic carbocycles. The lowest BCUT2D eigenvalue weighted by Crippen LogP contribution is -2.08. The van der Waals surface area contributed by atoms with E-state index in [0.717, 1.165) is 24.8 Å². The summed E-state index contributed by atoms with van der Waals surface area (Å²) in [7, 11) is 0. The SMILES string of the molecule is CC1CCC(CCCC(O)c2ccccc2)O1. The molecule has 94 valence electrons. The molecule has 0 radical (unpaired) electrons. The molecule has 2 heteroatoms. The Balaban J connectivity index is 1.68. The third-order valence-electron chi connectivity index (χ3n) is 3.51. The van der Waals surface area contributed by atoms with Gasteiger partial charge in [-0.15, -0.1) is 0 Å². The van der Waals surface area contributed by atoms with Crippen LogP contribution in [0.15, 0.2) is 30.3 Å². The molecule has 17 heavy (non-hydrogen) atoms. The van der Waals surface area contributed by atoms with Crippen molar-refractivity contribution in [1.82, 2.24) is 0 Å². The number of benzene rings is 1. The first-order chi connectivity index (χ1) is 8.25. The first-order valence-corrected chi connectivity index (χ1v) is 6.64. The third-order valence-corrected chi connectivity index (χ3v) is 3.51. The van der Waals surface area contributed by atoms with E-state index in [0.29, 0.717) is 12.2 Å². The molecule has 0 bridgehead atoms. The lowest BCUT2D eigenvalue weighted by molar-refractivity contribution is 0.0466. The molecule has 3 unspecified atom stereocenters. The summed E-state index contributed by atoms with van der Waals surface area (Å²) in [5.41, 5.74) is 1.02. The molecule has 0 saturated carbocycles. The van der Waals surface area contributed by atoms with Gasteiger partial charge in [-0.25, -0.2) is 0 Å². The van der Waals surface area contributed by atoms with Crippen LogP contribution in [0.5, 0.6) is 0 Å². The highest BCUT2D eigenvalue weighted by Crippen LogP contribution is 2.25. The molecule has 0 aromatic heterocycles. The van der Waals surface area contributed by atoms with E-state index in [9.17, 15) is 5.11 Å². The molecule has 3 atom stereocenters. The zero-order valence-corrected chi connectivity index (χ0v) is 10.5. The van der Waals surface area contributed by atoms with E-state index >= 15 is 0 Å². The van der Waals surface area contributed by atoms with Crippen molar-refractivity contribution >= 4 is 0 Å². The lowest BCUT2D eigenvalue weighted by Gasteiger charge is -2.13. The summed E-state index contributed by atoms with van der Waals surface area (Å²) >= 11 is 0. The molecule has 0 amide bonds. The minimum atomic E-state index is -0.324. The van der Waals surface area contributed by atoms with E-state index in [2.05, 4.69) is 6.92 Å². The molecule has 1 aliphatic heterocycles. The van der Waals surface area contributed by atoms with Crippen LogP contribution in [0.4, 0.5) is 0 Å². The molecule has 1 aliphatic rings. The van der Waals surface area contributed by atoms with Gasteiger partial charge in [0.15, 0.2) is 0 Å². The molecule has 1 aromatic rings. The predicted octanol–water partition coefficient (Wildman–Crippen LogP) is 3.46. The number of rotatable bonds is 5. The van der Waals surface area contributed by atoms with Gasteiger partial charge in [-0.1, -0.05) is 30.3 Å². The van der Waals surface area contributed by atoms with Crippen molar-refractivity contribution in [3.8, 4) is 0 Å². The van der Waals surface area contributed by atoms with Crippen molar-refractivity contribution in [3.05, 3.63) is 35.9 Å². The average molecular weight is 234 g/mol. The molecule has 0 spiro atoms. The van der Waals surface area contributed by atoms with Gasteiger partial charge in [-0.2, -0.15) is 0 Å². The van der Waals surface area contributed by atoms with Gasteiger partial charge in [-0.05, 0) is 44.6 Å². The van der Waals surface area contributed by atoms with Crippen molar-refractivity contribution < 1.29 is 9.84 Å². The van der Waals surface area contributed by atoms with E-state index in [1.165, 1.54) is 12.8 Å². The Morgan fingerprint density at radius 2 is 2.06 bits per heavy atom. The summed E-state index contributed by atoms with van der Waals surface area (Å²) in [6.07, 6.45) is 5.84. The van der Waals surface area contributed by atoms with Gasteiger partial charge in [0, 0.05) is 0 Å². The van der Waals surface area contributed by atoms with Crippen LogP contribution in [-0.2, 0) is 4.74 Å². The summed E-state index contributed by atoms with van der Waals surface area (Å²) < 4.78 is 5.77. The minimum Gasteiger partial charge on any atom is -0.388 e. The summed E-state index contributed by atoms with van der Waals surface area (Å²) in [4.78, 5) is 0. The van der Waals surface area contributed by atoms with Gasteiger partial charge in [0.1, 0.15) is 0 Å². The lowest BCUT2D eigenvalue weighted by atomic mass is 10.0. The smallest absolute Gasteiger partial charge is 0.0790 e. The van der Waals surface area contributed by atoms with Crippen LogP contribution in [0.25, 0.3) is 0 Å². The maximum Gasteiger partial charge on any atom is 0.0790 e. The van der Waals surface area contributed by atoms with Gasteiger partial charge in [0.25, 0.3) is 0 Å². The van der Waals surface area contributed by atoms with Gasteiger partial charge >= 0.3 is 0 Å². The summed E-state index contributed by atoms with van der Waals surface area (Å²) in [5, 5.41) is 10.0. The van der Waals surface area contributed by atoms with Gasteiger partial charge in [0.2, 0.25) is 0 Å². The minimum absolute atomic E-state index is 0.324. The van der Waals surface area contributed by atoms with Gasteiger partial charge in [0.05, 0.1) is 18.3 Å². The number of aliphatic hydroxyl groups is 1. The molecule has 1 heterocycles. The Morgan fingerprint density at radius 3 is 2.71 bits per heavy atom. The summed E-state index contributed by atoms with van der Waals surface area (Å²) in [6, 6.07) is 9.89. The standard InChI is InChI=1S/C15H22O2/c1-12-10-11-14(17-12)8-5-9-15(16)13-6-3-2-4-7-13/h2-4,6-7,12,14-16H,5,8-11H2,1H3. The molecule has 1 fully saturated rings. The molecule has 2 nitrogen and oxygen atoms in total. The number of ether oxygens (including phenoxy) is 1. The Hall–Kier alpha value is -0.860. The van der Waals surface area contributed by atoms with Crippen LogP contribution in [0.3, 0.4) is 0 Å². The molecule has 2 rings (SSSR count). The van der Waals surface area contributed by atoms with Crippen LogP contribution in [0, 0.1) is 0 Å². The van der Waals surface area contributed by atoms with Crippen LogP contribution < -0.4 is 0 Å². The van der Waals surface area contributed by atoms with Crippen molar-refractivity contribution in [1.29, 1.82) is 0 Å². The number of hydrogen-bond acceptors (Lipinski definition) is 2. The normalized spacial score (nSPS) is 26.0. The summed E-state index contributed by atoms with van der Waals surface area (Å²) in [5.74, 6) is 0. The van der Waals surface area contributed by atoms with E-state index in [-0.39, 0.29) is 6.10 Å². The Labute approximate surface area is 104 Å². The average Bonchev–Trinajstić information content (AvgIpc) is 2.76. The van der Waals surface area contributed by atoms with Crippen molar-refractivity contribution in [2.75, 3.05) is 0 Å². The van der Waals surface area contributed by atoms with Gasteiger partial charge in [-0.3, -0.25) is 0 Å². The quantitative estimate of drug-likeness (QED) is 0.845. The van der Waals surface area contributed by atoms with Crippen LogP contribution in [-0.4, -0.2) is 17.3 Å². The van der Waals surface area contributed by atoms with E-state index in [4.69, 9.17) is 4.74 Å². The first kappa shape index (κ1) is 12.6. The maximum absolute atomic E-state index is 10.0. The highest BCUT2D eigenvalue weighted by molar-refractivity contribution is 5.16. The second-order valence-electron chi connectivity index (χ2n) is 5.00.